The fourth-order valence-electron chi connectivity index (χ4n) is 2.06. The van der Waals surface area contributed by atoms with Crippen LogP contribution in [0.1, 0.15) is 12.8 Å². The van der Waals surface area contributed by atoms with Crippen molar-refractivity contribution in [3.8, 4) is 0 Å². The average Bonchev–Trinajstić information content (AvgIpc) is 3.13. The van der Waals surface area contributed by atoms with Gasteiger partial charge < -0.3 is 17.0 Å². The van der Waals surface area contributed by atoms with E-state index >= 15 is 0 Å². The Morgan fingerprint density at radius 2 is 1.88 bits per heavy atom. The maximum absolute atomic E-state index is 11.8. The van der Waals surface area contributed by atoms with E-state index < -0.39 is 0 Å². The van der Waals surface area contributed by atoms with Gasteiger partial charge in [-0.1, -0.05) is 12.1 Å². The highest BCUT2D eigenvalue weighted by molar-refractivity contribution is 5.82. The molecule has 1 aliphatic rings. The van der Waals surface area contributed by atoms with Crippen LogP contribution in [0.15, 0.2) is 42.6 Å². The van der Waals surface area contributed by atoms with E-state index in [1.54, 1.807) is 0 Å². The predicted molar refractivity (Wildman–Crippen MR) is 61.9 cm³/mol. The molecular weight excluding hydrogens is 278 g/mol. The number of carbonyl (C=O) groups is 1. The topological polar surface area (TPSA) is 20.9 Å². The lowest BCUT2D eigenvalue weighted by Crippen LogP contribution is -3.00. The number of rotatable bonds is 3. The number of benzene rings is 1. The number of aromatic nitrogens is 1. The van der Waals surface area contributed by atoms with Crippen molar-refractivity contribution in [3.05, 3.63) is 42.6 Å². The van der Waals surface area contributed by atoms with Crippen molar-refractivity contribution < 1.29 is 26.3 Å². The van der Waals surface area contributed by atoms with Gasteiger partial charge in [-0.3, -0.25) is 4.79 Å². The van der Waals surface area contributed by atoms with E-state index in [4.69, 9.17) is 0 Å². The third-order valence-electron chi connectivity index (χ3n) is 3.15. The molecule has 1 saturated carbocycles. The maximum atomic E-state index is 11.8. The zero-order valence-corrected chi connectivity index (χ0v) is 11.1. The Kier molecular flexibility index (Phi) is 3.57. The number of fused-ring (bicyclic) bond motifs is 1. The van der Waals surface area contributed by atoms with Gasteiger partial charge in [-0.25, -0.2) is 0 Å². The first-order chi connectivity index (χ1) is 7.84. The predicted octanol–water partition coefficient (Wildman–Crippen LogP) is -0.890. The van der Waals surface area contributed by atoms with Gasteiger partial charge in [0.25, 0.3) is 0 Å². The molecule has 0 spiro atoms. The molecule has 0 amide bonds. The molecule has 3 rings (SSSR count). The van der Waals surface area contributed by atoms with Gasteiger partial charge in [-0.2, -0.15) is 4.57 Å². The molecule has 0 unspecified atom stereocenters. The number of hydrogen-bond acceptors (Lipinski definition) is 1. The largest absolute Gasteiger partial charge is 1.00 e. The second-order valence-corrected chi connectivity index (χ2v) is 4.44. The lowest BCUT2D eigenvalue weighted by molar-refractivity contribution is -0.658. The van der Waals surface area contributed by atoms with Crippen LogP contribution in [0, 0.1) is 5.92 Å². The van der Waals surface area contributed by atoms with Crippen molar-refractivity contribution >= 4 is 16.7 Å². The molecule has 1 aromatic heterocycles. The number of nitrogens with zero attached hydrogens (tertiary/aromatic N) is 1. The zero-order chi connectivity index (χ0) is 11.0. The highest BCUT2D eigenvalue weighted by Crippen LogP contribution is 2.29. The van der Waals surface area contributed by atoms with Gasteiger partial charge in [0.1, 0.15) is 0 Å². The number of halogens is 1. The maximum Gasteiger partial charge on any atom is 0.212 e. The minimum atomic E-state index is 0. The van der Waals surface area contributed by atoms with Gasteiger partial charge in [0.05, 0.1) is 0 Å². The second kappa shape index (κ2) is 4.96. The van der Waals surface area contributed by atoms with Crippen LogP contribution >= 0.6 is 0 Å². The summed E-state index contributed by atoms with van der Waals surface area (Å²) in [6, 6.07) is 12.3. The van der Waals surface area contributed by atoms with Crippen molar-refractivity contribution in [3.63, 3.8) is 0 Å². The number of carbonyl (C=O) groups excluding carboxylic acids is 1. The molecule has 1 heterocycles. The lowest BCUT2D eigenvalue weighted by Gasteiger charge is -1.99. The Labute approximate surface area is 111 Å². The Balaban J connectivity index is 0.00000108. The first-order valence-electron chi connectivity index (χ1n) is 5.74. The van der Waals surface area contributed by atoms with Gasteiger partial charge in [-0.05, 0) is 25.0 Å². The van der Waals surface area contributed by atoms with Crippen molar-refractivity contribution in [2.24, 2.45) is 5.92 Å². The molecule has 17 heavy (non-hydrogen) atoms. The molecule has 2 nitrogen and oxygen atoms in total. The van der Waals surface area contributed by atoms with E-state index in [-0.39, 0.29) is 17.0 Å². The summed E-state index contributed by atoms with van der Waals surface area (Å²) >= 11 is 0. The van der Waals surface area contributed by atoms with Crippen molar-refractivity contribution in [2.45, 2.75) is 19.4 Å². The molecule has 1 aromatic carbocycles. The molecule has 1 fully saturated rings. The van der Waals surface area contributed by atoms with E-state index in [2.05, 4.69) is 22.8 Å². The van der Waals surface area contributed by atoms with Gasteiger partial charge >= 0.3 is 0 Å². The summed E-state index contributed by atoms with van der Waals surface area (Å²) in [7, 11) is 0. The summed E-state index contributed by atoms with van der Waals surface area (Å²) in [6.45, 7) is 0.520. The molecule has 0 N–H and O–H groups in total. The van der Waals surface area contributed by atoms with Crippen molar-refractivity contribution in [1.29, 1.82) is 0 Å². The van der Waals surface area contributed by atoms with Crippen LogP contribution in [0.4, 0.5) is 0 Å². The lowest BCUT2D eigenvalue weighted by atomic mass is 10.2. The highest BCUT2D eigenvalue weighted by Gasteiger charge is 2.31. The molecule has 0 bridgehead atoms. The van der Waals surface area contributed by atoms with Gasteiger partial charge in [0, 0.05) is 23.4 Å². The number of Topliss-reactive ketones (excluding diaryl/α,β-unsaturated/α-hetero) is 1. The number of hydrogen-bond donors (Lipinski definition) is 0. The summed E-state index contributed by atoms with van der Waals surface area (Å²) in [5.41, 5.74) is 1.14. The molecule has 3 heteroatoms. The second-order valence-electron chi connectivity index (χ2n) is 4.44. The average molecular weight is 292 g/mol. The van der Waals surface area contributed by atoms with Crippen LogP contribution in [-0.2, 0) is 11.3 Å². The molecule has 2 aromatic rings. The normalized spacial score (nSPS) is 14.4. The summed E-state index contributed by atoms with van der Waals surface area (Å²) in [6.07, 6.45) is 4.16. The fraction of sp³-hybridized carbons (Fsp3) is 0.286. The summed E-state index contributed by atoms with van der Waals surface area (Å²) < 4.78 is 2.05. The Bertz CT molecular complexity index is 543. The molecule has 1 aliphatic carbocycles. The van der Waals surface area contributed by atoms with E-state index in [1.165, 1.54) is 5.39 Å². The third-order valence-corrected chi connectivity index (χ3v) is 3.15. The van der Waals surface area contributed by atoms with Crippen LogP contribution in [-0.4, -0.2) is 5.78 Å². The van der Waals surface area contributed by atoms with E-state index in [0.717, 1.165) is 18.4 Å². The van der Waals surface area contributed by atoms with Gasteiger partial charge in [-0.15, -0.1) is 0 Å². The smallest absolute Gasteiger partial charge is 0.212 e. The molecule has 88 valence electrons. The minimum absolute atomic E-state index is 0. The molecular formula is C14H14BrNO. The van der Waals surface area contributed by atoms with Crippen LogP contribution in [0.5, 0.6) is 0 Å². The molecule has 0 atom stereocenters. The number of ketones is 1. The monoisotopic (exact) mass is 291 g/mol. The number of para-hydroxylation sites is 1. The summed E-state index contributed by atoms with van der Waals surface area (Å²) in [5.74, 6) is 0.716. The SMILES string of the molecule is O=C(C[n+]1cccc2ccccc21)C1CC1.[Br-]. The zero-order valence-electron chi connectivity index (χ0n) is 9.47. The first kappa shape index (κ1) is 12.2. The Hall–Kier alpha value is -1.22. The highest BCUT2D eigenvalue weighted by atomic mass is 79.9. The minimum Gasteiger partial charge on any atom is -1.00 e. The van der Waals surface area contributed by atoms with E-state index in [9.17, 15) is 4.79 Å². The van der Waals surface area contributed by atoms with Crippen LogP contribution < -0.4 is 21.5 Å². The van der Waals surface area contributed by atoms with Crippen LogP contribution in [0.25, 0.3) is 10.9 Å². The van der Waals surface area contributed by atoms with E-state index in [0.29, 0.717) is 18.2 Å². The Morgan fingerprint density at radius 3 is 2.65 bits per heavy atom. The molecule has 0 aliphatic heterocycles. The third kappa shape index (κ3) is 2.55. The van der Waals surface area contributed by atoms with Crippen LogP contribution in [0.3, 0.4) is 0 Å². The van der Waals surface area contributed by atoms with Gasteiger partial charge in [0.15, 0.2) is 6.20 Å². The summed E-state index contributed by atoms with van der Waals surface area (Å²) in [4.78, 5) is 11.8. The molecule has 0 radical (unpaired) electrons. The summed E-state index contributed by atoms with van der Waals surface area (Å²) in [5, 5.41) is 1.19. The standard InChI is InChI=1S/C14H14NO.BrH/c16-14(12-7-8-12)10-15-9-3-5-11-4-1-2-6-13(11)15;/h1-6,9,12H,7-8,10H2;1H/q+1;/p-1. The van der Waals surface area contributed by atoms with Crippen molar-refractivity contribution in [1.82, 2.24) is 0 Å². The fourth-order valence-corrected chi connectivity index (χ4v) is 2.06. The quantitative estimate of drug-likeness (QED) is 0.673. The van der Waals surface area contributed by atoms with E-state index in [1.807, 2.05) is 24.4 Å². The number of pyridine rings is 1. The van der Waals surface area contributed by atoms with Crippen LogP contribution in [0.2, 0.25) is 0 Å². The Morgan fingerprint density at radius 1 is 1.18 bits per heavy atom. The van der Waals surface area contributed by atoms with Crippen molar-refractivity contribution in [2.75, 3.05) is 0 Å². The van der Waals surface area contributed by atoms with Gasteiger partial charge in [0.2, 0.25) is 17.8 Å². The first-order valence-corrected chi connectivity index (χ1v) is 5.74. The molecule has 0 saturated heterocycles.